The van der Waals surface area contributed by atoms with E-state index < -0.39 is 17.6 Å². The van der Waals surface area contributed by atoms with Crippen LogP contribution < -0.4 is 10.2 Å². The predicted octanol–water partition coefficient (Wildman–Crippen LogP) is 4.77. The zero-order valence-electron chi connectivity index (χ0n) is 16.9. The molecule has 162 valence electrons. The molecule has 1 fully saturated rings. The molecule has 1 amide bonds. The maximum atomic E-state index is 14.3. The monoisotopic (exact) mass is 452 g/mol. The van der Waals surface area contributed by atoms with Crippen molar-refractivity contribution in [1.29, 1.82) is 0 Å². The van der Waals surface area contributed by atoms with Crippen LogP contribution >= 0.6 is 24.0 Å². The Bertz CT molecular complexity index is 918. The number of aliphatic hydroxyl groups excluding tert-OH is 1. The molecule has 1 aliphatic carbocycles. The van der Waals surface area contributed by atoms with E-state index in [-0.39, 0.29) is 24.1 Å². The second-order valence-electron chi connectivity index (χ2n) is 8.10. The van der Waals surface area contributed by atoms with Gasteiger partial charge in [0.1, 0.15) is 5.82 Å². The molecule has 4 nitrogen and oxygen atoms in total. The zero-order chi connectivity index (χ0) is 20.6. The number of nitrogens with zero attached hydrogens (tertiary/aromatic N) is 1. The first-order valence-corrected chi connectivity index (χ1v) is 10.6. The van der Waals surface area contributed by atoms with Gasteiger partial charge in [-0.2, -0.15) is 0 Å². The third-order valence-electron chi connectivity index (χ3n) is 6.32. The fourth-order valence-electron chi connectivity index (χ4n) is 5.03. The minimum atomic E-state index is -0.878. The Morgan fingerprint density at radius 2 is 1.93 bits per heavy atom. The summed E-state index contributed by atoms with van der Waals surface area (Å²) in [5, 5.41) is 14.5. The molecule has 0 saturated heterocycles. The molecule has 0 bridgehead atoms. The van der Waals surface area contributed by atoms with E-state index in [1.165, 1.54) is 12.1 Å². The number of likely N-dealkylation sites (N-methyl/N-ethyl adjacent to an activating group) is 1. The molecule has 2 aliphatic rings. The van der Waals surface area contributed by atoms with E-state index in [0.717, 1.165) is 43.2 Å². The highest BCUT2D eigenvalue weighted by Gasteiger charge is 2.53. The van der Waals surface area contributed by atoms with Gasteiger partial charge in [-0.25, -0.2) is 4.39 Å². The smallest absolute Gasteiger partial charge is 0.238 e. The summed E-state index contributed by atoms with van der Waals surface area (Å²) in [5.41, 5.74) is 1.55. The largest absolute Gasteiger partial charge is 0.389 e. The lowest BCUT2D eigenvalue weighted by Crippen LogP contribution is -2.47. The molecule has 1 saturated carbocycles. The van der Waals surface area contributed by atoms with E-state index in [2.05, 4.69) is 5.32 Å². The zero-order valence-corrected chi connectivity index (χ0v) is 18.5. The number of benzene rings is 2. The van der Waals surface area contributed by atoms with Crippen LogP contribution in [0, 0.1) is 5.82 Å². The molecule has 30 heavy (non-hydrogen) atoms. The van der Waals surface area contributed by atoms with E-state index >= 15 is 0 Å². The van der Waals surface area contributed by atoms with Crippen LogP contribution in [0.3, 0.4) is 0 Å². The molecule has 4 rings (SSSR count). The van der Waals surface area contributed by atoms with Gasteiger partial charge in [-0.05, 0) is 55.3 Å². The van der Waals surface area contributed by atoms with Crippen molar-refractivity contribution in [2.24, 2.45) is 0 Å². The quantitative estimate of drug-likeness (QED) is 0.686. The highest BCUT2D eigenvalue weighted by atomic mass is 35.5. The Balaban J connectivity index is 0.00000256. The standard InChI is InChI=1S/C23H26ClFN2O2.ClH/c1-26-14-20(28)21(15-6-5-7-16(24)12-15)27-19-13-17(25)8-9-18(19)23(22(27)29)10-3-2-4-11-23;/h5-9,12-13,20-21,26,28H,2-4,10-11,14H2,1H3;1H/t20-,21+;/m1./s1. The number of hydrogen-bond donors (Lipinski definition) is 2. The van der Waals surface area contributed by atoms with Crippen LogP contribution in [0.25, 0.3) is 0 Å². The Hall–Kier alpha value is -1.66. The summed E-state index contributed by atoms with van der Waals surface area (Å²) in [6, 6.07) is 11.2. The minimum Gasteiger partial charge on any atom is -0.389 e. The first-order valence-electron chi connectivity index (χ1n) is 10.2. The first-order chi connectivity index (χ1) is 14.0. The molecule has 0 aromatic heterocycles. The summed E-state index contributed by atoms with van der Waals surface area (Å²) in [4.78, 5) is 15.5. The Morgan fingerprint density at radius 3 is 2.60 bits per heavy atom. The molecule has 0 radical (unpaired) electrons. The van der Waals surface area contributed by atoms with Crippen molar-refractivity contribution in [3.05, 3.63) is 64.4 Å². The molecule has 1 aliphatic heterocycles. The van der Waals surface area contributed by atoms with Crippen molar-refractivity contribution in [1.82, 2.24) is 5.32 Å². The van der Waals surface area contributed by atoms with Crippen LogP contribution in [-0.4, -0.2) is 30.7 Å². The average Bonchev–Trinajstić information content (AvgIpc) is 2.91. The number of halogens is 3. The number of carbonyl (C=O) groups is 1. The van der Waals surface area contributed by atoms with E-state index in [0.29, 0.717) is 17.3 Å². The van der Waals surface area contributed by atoms with Crippen molar-refractivity contribution in [2.45, 2.75) is 49.7 Å². The van der Waals surface area contributed by atoms with Gasteiger partial charge in [0.05, 0.1) is 23.2 Å². The van der Waals surface area contributed by atoms with E-state index in [9.17, 15) is 14.3 Å². The summed E-state index contributed by atoms with van der Waals surface area (Å²) in [7, 11) is 1.75. The molecule has 2 aromatic rings. The molecule has 0 unspecified atom stereocenters. The molecule has 1 spiro atoms. The lowest BCUT2D eigenvalue weighted by atomic mass is 9.70. The number of amides is 1. The number of aliphatic hydroxyl groups is 1. The number of anilines is 1. The third-order valence-corrected chi connectivity index (χ3v) is 6.55. The molecule has 1 heterocycles. The number of nitrogens with one attached hydrogen (secondary N) is 1. The summed E-state index contributed by atoms with van der Waals surface area (Å²) in [6.07, 6.45) is 3.68. The lowest BCUT2D eigenvalue weighted by Gasteiger charge is -2.36. The summed E-state index contributed by atoms with van der Waals surface area (Å²) in [6.45, 7) is 0.290. The van der Waals surface area contributed by atoms with E-state index in [1.807, 2.05) is 6.07 Å². The third kappa shape index (κ3) is 3.84. The summed E-state index contributed by atoms with van der Waals surface area (Å²) in [5.74, 6) is -0.430. The Labute approximate surface area is 187 Å². The highest BCUT2D eigenvalue weighted by molar-refractivity contribution is 6.30. The normalized spacial score (nSPS) is 19.3. The van der Waals surface area contributed by atoms with E-state index in [1.54, 1.807) is 36.2 Å². The van der Waals surface area contributed by atoms with Crippen molar-refractivity contribution in [3.8, 4) is 0 Å². The number of rotatable bonds is 5. The van der Waals surface area contributed by atoms with Gasteiger partial charge in [0, 0.05) is 11.6 Å². The molecular formula is C23H27Cl2FN2O2. The second-order valence-corrected chi connectivity index (χ2v) is 8.54. The van der Waals surface area contributed by atoms with Gasteiger partial charge in [0.25, 0.3) is 0 Å². The van der Waals surface area contributed by atoms with Gasteiger partial charge in [-0.1, -0.05) is 49.1 Å². The predicted molar refractivity (Wildman–Crippen MR) is 120 cm³/mol. The highest BCUT2D eigenvalue weighted by Crippen LogP contribution is 2.53. The lowest BCUT2D eigenvalue weighted by molar-refractivity contribution is -0.125. The first kappa shape index (κ1) is 23.0. The van der Waals surface area contributed by atoms with Crippen molar-refractivity contribution in [3.63, 3.8) is 0 Å². The molecule has 2 N–H and O–H groups in total. The van der Waals surface area contributed by atoms with Gasteiger partial charge in [0.2, 0.25) is 5.91 Å². The van der Waals surface area contributed by atoms with Gasteiger partial charge in [-0.3, -0.25) is 4.79 Å². The van der Waals surface area contributed by atoms with Crippen LogP contribution in [-0.2, 0) is 10.2 Å². The van der Waals surface area contributed by atoms with Crippen molar-refractivity contribution < 1.29 is 14.3 Å². The van der Waals surface area contributed by atoms with Crippen LogP contribution in [0.2, 0.25) is 5.02 Å². The fraction of sp³-hybridized carbons (Fsp3) is 0.435. The minimum absolute atomic E-state index is 0. The Kier molecular flexibility index (Phi) is 7.08. The van der Waals surface area contributed by atoms with Crippen LogP contribution in [0.1, 0.15) is 49.3 Å². The van der Waals surface area contributed by atoms with Crippen LogP contribution in [0.4, 0.5) is 10.1 Å². The molecule has 7 heteroatoms. The van der Waals surface area contributed by atoms with Gasteiger partial charge >= 0.3 is 0 Å². The van der Waals surface area contributed by atoms with Gasteiger partial charge < -0.3 is 15.3 Å². The van der Waals surface area contributed by atoms with E-state index in [4.69, 9.17) is 11.6 Å². The SMILES string of the molecule is CNC[C@@H](O)[C@H](c1cccc(Cl)c1)N1C(=O)C2(CCCCC2)c2ccc(F)cc21.Cl. The number of carbonyl (C=O) groups excluding carboxylic acids is 1. The Morgan fingerprint density at radius 1 is 1.20 bits per heavy atom. The maximum absolute atomic E-state index is 14.3. The average molecular weight is 453 g/mol. The molecule has 2 atom stereocenters. The van der Waals surface area contributed by atoms with Crippen LogP contribution in [0.5, 0.6) is 0 Å². The van der Waals surface area contributed by atoms with Crippen molar-refractivity contribution in [2.75, 3.05) is 18.5 Å². The van der Waals surface area contributed by atoms with Gasteiger partial charge in [-0.15, -0.1) is 12.4 Å². The summed E-state index contributed by atoms with van der Waals surface area (Å²) >= 11 is 6.22. The summed E-state index contributed by atoms with van der Waals surface area (Å²) < 4.78 is 14.3. The number of hydrogen-bond acceptors (Lipinski definition) is 3. The molecular weight excluding hydrogens is 426 g/mol. The maximum Gasteiger partial charge on any atom is 0.238 e. The van der Waals surface area contributed by atoms with Crippen molar-refractivity contribution >= 4 is 35.6 Å². The number of fused-ring (bicyclic) bond motifs is 2. The van der Waals surface area contributed by atoms with Crippen LogP contribution in [0.15, 0.2) is 42.5 Å². The fourth-order valence-corrected chi connectivity index (χ4v) is 5.23. The van der Waals surface area contributed by atoms with Gasteiger partial charge in [0.15, 0.2) is 0 Å². The second kappa shape index (κ2) is 9.23. The molecule has 2 aromatic carbocycles. The topological polar surface area (TPSA) is 52.6 Å².